The lowest BCUT2D eigenvalue weighted by Crippen LogP contribution is -2.40. The number of ether oxygens (including phenoxy) is 1. The number of aliphatic hydroxyl groups is 1. The molecule has 166 valence electrons. The zero-order chi connectivity index (χ0) is 22.2. The Morgan fingerprint density at radius 1 is 1.09 bits per heavy atom. The van der Waals surface area contributed by atoms with Crippen molar-refractivity contribution in [3.63, 3.8) is 0 Å². The Kier molecular flexibility index (Phi) is 5.33. The number of aliphatic hydroxyl groups excluding tert-OH is 1. The van der Waals surface area contributed by atoms with Crippen LogP contribution < -0.4 is 9.64 Å². The molecule has 0 bridgehead atoms. The molecule has 1 unspecified atom stereocenters. The second kappa shape index (κ2) is 8.30. The van der Waals surface area contributed by atoms with Crippen molar-refractivity contribution in [3.8, 4) is 5.75 Å². The number of hydrogen-bond donors (Lipinski definition) is 1. The van der Waals surface area contributed by atoms with Crippen molar-refractivity contribution in [2.75, 3.05) is 25.1 Å². The van der Waals surface area contributed by atoms with Crippen LogP contribution in [-0.2, 0) is 9.59 Å². The van der Waals surface area contributed by atoms with Gasteiger partial charge in [0.2, 0.25) is 0 Å². The second-order valence-electron chi connectivity index (χ2n) is 8.73. The van der Waals surface area contributed by atoms with E-state index in [-0.39, 0.29) is 17.4 Å². The maximum atomic E-state index is 13.3. The molecular weight excluding hydrogens is 406 g/mol. The smallest absolute Gasteiger partial charge is 0.295 e. The van der Waals surface area contributed by atoms with Crippen LogP contribution in [0.3, 0.4) is 0 Å². The molecule has 2 aromatic rings. The highest BCUT2D eigenvalue weighted by Crippen LogP contribution is 2.43. The van der Waals surface area contributed by atoms with Crippen LogP contribution in [0.15, 0.2) is 48.3 Å². The van der Waals surface area contributed by atoms with E-state index in [0.717, 1.165) is 55.6 Å². The number of hydrogen-bond acceptors (Lipinski definition) is 6. The first-order valence-corrected chi connectivity index (χ1v) is 11.2. The molecule has 32 heavy (non-hydrogen) atoms. The van der Waals surface area contributed by atoms with E-state index in [4.69, 9.17) is 4.74 Å². The van der Waals surface area contributed by atoms with Gasteiger partial charge in [0.25, 0.3) is 11.7 Å². The van der Waals surface area contributed by atoms with Gasteiger partial charge in [-0.2, -0.15) is 0 Å². The van der Waals surface area contributed by atoms with E-state index in [2.05, 4.69) is 9.88 Å². The van der Waals surface area contributed by atoms with Gasteiger partial charge in [-0.3, -0.25) is 14.6 Å². The van der Waals surface area contributed by atoms with Gasteiger partial charge in [-0.25, -0.2) is 0 Å². The molecule has 1 amide bonds. The summed E-state index contributed by atoms with van der Waals surface area (Å²) in [5.41, 5.74) is 2.28. The van der Waals surface area contributed by atoms with E-state index in [1.165, 1.54) is 0 Å². The summed E-state index contributed by atoms with van der Waals surface area (Å²) in [6, 6.07) is 8.37. The number of likely N-dealkylation sites (tertiary alicyclic amines) is 1. The standard InChI is InChI=1S/C25H27N3O4/c1-27-13-14-32-20-8-7-17(15-19(20)27)23(29)21-22(16-9-11-26-12-10-16)28(25(31)24(21)30)18-5-3-2-4-6-18/h7-12,15,18,22,29H,2-6,13-14H2,1H3/b23-21-. The third-order valence-corrected chi connectivity index (χ3v) is 6.80. The van der Waals surface area contributed by atoms with Crippen LogP contribution in [0.2, 0.25) is 0 Å². The Hall–Kier alpha value is -3.35. The molecule has 2 fully saturated rings. The molecule has 5 rings (SSSR count). The van der Waals surface area contributed by atoms with Gasteiger partial charge < -0.3 is 19.6 Å². The Bertz CT molecular complexity index is 1080. The molecule has 1 saturated heterocycles. The van der Waals surface area contributed by atoms with Crippen LogP contribution in [0.1, 0.15) is 49.3 Å². The number of likely N-dealkylation sites (N-methyl/N-ethyl adjacent to an activating group) is 1. The summed E-state index contributed by atoms with van der Waals surface area (Å²) < 4.78 is 5.70. The lowest BCUT2D eigenvalue weighted by atomic mass is 9.91. The topological polar surface area (TPSA) is 83.0 Å². The number of aromatic nitrogens is 1. The fraction of sp³-hybridized carbons (Fsp3) is 0.400. The van der Waals surface area contributed by atoms with Gasteiger partial charge >= 0.3 is 0 Å². The largest absolute Gasteiger partial charge is 0.507 e. The molecule has 3 aliphatic rings. The van der Waals surface area contributed by atoms with Crippen molar-refractivity contribution >= 4 is 23.1 Å². The Morgan fingerprint density at radius 3 is 2.59 bits per heavy atom. The average molecular weight is 434 g/mol. The highest BCUT2D eigenvalue weighted by atomic mass is 16.5. The van der Waals surface area contributed by atoms with Crippen LogP contribution in [0.25, 0.3) is 5.76 Å². The molecule has 7 nitrogen and oxygen atoms in total. The number of Topliss-reactive ketones (excluding diaryl/α,β-unsaturated/α-hetero) is 1. The fourth-order valence-electron chi connectivity index (χ4n) is 5.11. The number of benzene rings is 1. The molecule has 7 heteroatoms. The summed E-state index contributed by atoms with van der Waals surface area (Å²) in [7, 11) is 1.96. The Balaban J connectivity index is 1.63. The monoisotopic (exact) mass is 433 g/mol. The zero-order valence-corrected chi connectivity index (χ0v) is 18.2. The number of fused-ring (bicyclic) bond motifs is 1. The van der Waals surface area contributed by atoms with Crippen LogP contribution in [0, 0.1) is 0 Å². The van der Waals surface area contributed by atoms with E-state index in [1.807, 2.05) is 25.2 Å². The van der Waals surface area contributed by atoms with Gasteiger partial charge in [0.15, 0.2) is 0 Å². The maximum absolute atomic E-state index is 13.3. The molecule has 1 atom stereocenters. The third kappa shape index (κ3) is 3.42. The first-order chi connectivity index (χ1) is 15.6. The van der Waals surface area contributed by atoms with Crippen molar-refractivity contribution in [3.05, 3.63) is 59.4 Å². The summed E-state index contributed by atoms with van der Waals surface area (Å²) in [6.45, 7) is 1.34. The molecule has 1 aromatic carbocycles. The first kappa shape index (κ1) is 20.5. The van der Waals surface area contributed by atoms with E-state index in [0.29, 0.717) is 12.2 Å². The molecule has 1 aromatic heterocycles. The maximum Gasteiger partial charge on any atom is 0.295 e. The molecule has 1 aliphatic carbocycles. The van der Waals surface area contributed by atoms with Crippen LogP contribution in [0.5, 0.6) is 5.75 Å². The number of ketones is 1. The van der Waals surface area contributed by atoms with Crippen LogP contribution >= 0.6 is 0 Å². The van der Waals surface area contributed by atoms with E-state index in [1.54, 1.807) is 29.4 Å². The first-order valence-electron chi connectivity index (χ1n) is 11.2. The highest BCUT2D eigenvalue weighted by Gasteiger charge is 2.48. The third-order valence-electron chi connectivity index (χ3n) is 6.80. The van der Waals surface area contributed by atoms with Gasteiger partial charge in [0.1, 0.15) is 18.1 Å². The number of carbonyl (C=O) groups excluding carboxylic acids is 2. The number of carbonyl (C=O) groups is 2. The predicted octanol–water partition coefficient (Wildman–Crippen LogP) is 3.66. The molecule has 2 aliphatic heterocycles. The molecule has 3 heterocycles. The van der Waals surface area contributed by atoms with Gasteiger partial charge in [-0.15, -0.1) is 0 Å². The Labute approximate surface area is 187 Å². The summed E-state index contributed by atoms with van der Waals surface area (Å²) in [4.78, 5) is 34.3. The minimum atomic E-state index is -0.628. The molecule has 0 spiro atoms. The quantitative estimate of drug-likeness (QED) is 0.452. The second-order valence-corrected chi connectivity index (χ2v) is 8.73. The van der Waals surface area contributed by atoms with Crippen molar-refractivity contribution in [1.82, 2.24) is 9.88 Å². The number of rotatable bonds is 3. The van der Waals surface area contributed by atoms with Crippen molar-refractivity contribution < 1.29 is 19.4 Å². The number of pyridine rings is 1. The number of nitrogens with zero attached hydrogens (tertiary/aromatic N) is 3. The van der Waals surface area contributed by atoms with Gasteiger partial charge in [0.05, 0.1) is 23.8 Å². The average Bonchev–Trinajstić information content (AvgIpc) is 3.10. The number of amides is 1. The van der Waals surface area contributed by atoms with Crippen molar-refractivity contribution in [2.45, 2.75) is 44.2 Å². The van der Waals surface area contributed by atoms with Gasteiger partial charge in [-0.1, -0.05) is 19.3 Å². The SMILES string of the molecule is CN1CCOc2ccc(/C(O)=C3/C(=O)C(=O)N(C4CCCCC4)C3c3ccncc3)cc21. The van der Waals surface area contributed by atoms with Gasteiger partial charge in [0, 0.05) is 31.0 Å². The lowest BCUT2D eigenvalue weighted by molar-refractivity contribution is -0.141. The predicted molar refractivity (Wildman–Crippen MR) is 120 cm³/mol. The summed E-state index contributed by atoms with van der Waals surface area (Å²) >= 11 is 0. The van der Waals surface area contributed by atoms with Crippen LogP contribution in [-0.4, -0.2) is 52.9 Å². The highest BCUT2D eigenvalue weighted by molar-refractivity contribution is 6.46. The minimum Gasteiger partial charge on any atom is -0.507 e. The van der Waals surface area contributed by atoms with Gasteiger partial charge in [-0.05, 0) is 48.7 Å². The van der Waals surface area contributed by atoms with Crippen molar-refractivity contribution in [2.24, 2.45) is 0 Å². The molecular formula is C25H27N3O4. The summed E-state index contributed by atoms with van der Waals surface area (Å²) in [5.74, 6) is -0.565. The summed E-state index contributed by atoms with van der Waals surface area (Å²) in [6.07, 6.45) is 8.27. The Morgan fingerprint density at radius 2 is 1.84 bits per heavy atom. The summed E-state index contributed by atoms with van der Waals surface area (Å²) in [5, 5.41) is 11.3. The van der Waals surface area contributed by atoms with Crippen LogP contribution in [0.4, 0.5) is 5.69 Å². The fourth-order valence-corrected chi connectivity index (χ4v) is 5.11. The van der Waals surface area contributed by atoms with E-state index in [9.17, 15) is 14.7 Å². The van der Waals surface area contributed by atoms with E-state index >= 15 is 0 Å². The minimum absolute atomic E-state index is 0.00766. The van der Waals surface area contributed by atoms with Crippen molar-refractivity contribution in [1.29, 1.82) is 0 Å². The molecule has 1 saturated carbocycles. The molecule has 1 N–H and O–H groups in total. The van der Waals surface area contributed by atoms with E-state index < -0.39 is 17.7 Å². The number of anilines is 1. The lowest BCUT2D eigenvalue weighted by Gasteiger charge is -2.35. The normalized spacial score (nSPS) is 23.2. The molecule has 0 radical (unpaired) electrons. The zero-order valence-electron chi connectivity index (χ0n) is 18.2.